The minimum Gasteiger partial charge on any atom is -0.444 e. The van der Waals surface area contributed by atoms with Crippen LogP contribution >= 0.6 is 11.6 Å². The highest BCUT2D eigenvalue weighted by molar-refractivity contribution is 6.36. The molecule has 2 aromatic rings. The summed E-state index contributed by atoms with van der Waals surface area (Å²) in [6, 6.07) is 4.06. The summed E-state index contributed by atoms with van der Waals surface area (Å²) >= 11 is 6.90. The van der Waals surface area contributed by atoms with Gasteiger partial charge in [0.2, 0.25) is 0 Å². The normalized spacial score (nSPS) is 18.1. The van der Waals surface area contributed by atoms with Gasteiger partial charge in [0.05, 0.1) is 29.4 Å². The maximum Gasteiger partial charge on any atom is 0.410 e. The first-order valence-electron chi connectivity index (χ1n) is 14.2. The fourth-order valence-electron chi connectivity index (χ4n) is 4.90. The number of hydrogen-bond acceptors (Lipinski definition) is 7. The Hall–Kier alpha value is -3.28. The molecule has 1 aliphatic heterocycles. The number of ether oxygens (including phenoxy) is 3. The van der Waals surface area contributed by atoms with Gasteiger partial charge in [-0.25, -0.2) is 9.79 Å². The van der Waals surface area contributed by atoms with Gasteiger partial charge >= 0.3 is 6.09 Å². The van der Waals surface area contributed by atoms with Gasteiger partial charge in [0.15, 0.2) is 6.10 Å². The van der Waals surface area contributed by atoms with Crippen LogP contribution in [0.4, 0.5) is 4.79 Å². The van der Waals surface area contributed by atoms with Crippen molar-refractivity contribution in [1.82, 2.24) is 19.6 Å². The number of nitrogens with zero attached hydrogens (tertiary/aromatic N) is 6. The second-order valence-corrected chi connectivity index (χ2v) is 12.0. The zero-order chi connectivity index (χ0) is 30.4. The predicted octanol–water partition coefficient (Wildman–Crippen LogP) is 4.94. The molecule has 1 saturated heterocycles. The molecule has 0 spiro atoms. The monoisotopic (exact) mass is 600 g/mol. The van der Waals surface area contributed by atoms with E-state index in [1.54, 1.807) is 18.2 Å². The van der Waals surface area contributed by atoms with Crippen LogP contribution in [0.25, 0.3) is 16.5 Å². The molecule has 0 radical (unpaired) electrons. The van der Waals surface area contributed by atoms with E-state index < -0.39 is 17.8 Å². The van der Waals surface area contributed by atoms with E-state index in [1.165, 1.54) is 6.34 Å². The van der Waals surface area contributed by atoms with Gasteiger partial charge in [0.25, 0.3) is 5.91 Å². The standard InChI is InChI=1S/C30H41ClN6O5/c1-20(16-33-19-32-5)27-26-23(31)14-21(15-24(26)37(34-27)10-7-12-40-6)17-36(22-8-9-22)28(38)25-18-35(11-13-41-25)29(39)42-30(2,3)4/h14-16,19,22,25H,5,7-13,17-18H2,1-4,6H3/b20-16+,33-19-/t25-/m1/s1. The summed E-state index contributed by atoms with van der Waals surface area (Å²) < 4.78 is 18.6. The number of morpholine rings is 1. The number of carbonyl (C=O) groups is 2. The molecule has 11 nitrogen and oxygen atoms in total. The highest BCUT2D eigenvalue weighted by atomic mass is 35.5. The number of allylic oxidation sites excluding steroid dienone is 1. The van der Waals surface area contributed by atoms with Crippen LogP contribution < -0.4 is 0 Å². The molecule has 0 unspecified atom stereocenters. The maximum absolute atomic E-state index is 13.8. The van der Waals surface area contributed by atoms with Gasteiger partial charge in [-0.3, -0.25) is 14.5 Å². The fourth-order valence-corrected chi connectivity index (χ4v) is 5.23. The third-order valence-electron chi connectivity index (χ3n) is 6.99. The molecule has 1 saturated carbocycles. The van der Waals surface area contributed by atoms with E-state index in [0.29, 0.717) is 31.3 Å². The number of methoxy groups -OCH3 is 1. The average Bonchev–Trinajstić information content (AvgIpc) is 3.72. The van der Waals surface area contributed by atoms with Crippen molar-refractivity contribution in [2.75, 3.05) is 33.4 Å². The Morgan fingerprint density at radius 2 is 2.07 bits per heavy atom. The maximum atomic E-state index is 13.8. The lowest BCUT2D eigenvalue weighted by Crippen LogP contribution is -2.53. The zero-order valence-corrected chi connectivity index (χ0v) is 25.9. The van der Waals surface area contributed by atoms with Gasteiger partial charge < -0.3 is 24.0 Å². The number of fused-ring (bicyclic) bond motifs is 1. The summed E-state index contributed by atoms with van der Waals surface area (Å²) in [5, 5.41) is 6.23. The lowest BCUT2D eigenvalue weighted by atomic mass is 10.1. The van der Waals surface area contributed by atoms with Crippen molar-refractivity contribution in [1.29, 1.82) is 0 Å². The molecular formula is C30H41ClN6O5. The number of rotatable bonds is 11. The topological polar surface area (TPSA) is 111 Å². The van der Waals surface area contributed by atoms with Crippen LogP contribution in [0.5, 0.6) is 0 Å². The molecule has 2 heterocycles. The van der Waals surface area contributed by atoms with Crippen molar-refractivity contribution in [3.05, 3.63) is 34.6 Å². The summed E-state index contributed by atoms with van der Waals surface area (Å²) in [5.74, 6) is -0.135. The van der Waals surface area contributed by atoms with E-state index in [1.807, 2.05) is 49.4 Å². The third-order valence-corrected chi connectivity index (χ3v) is 7.29. The van der Waals surface area contributed by atoms with Crippen LogP contribution in [0.1, 0.15) is 58.2 Å². The largest absolute Gasteiger partial charge is 0.444 e. The molecule has 1 atom stereocenters. The van der Waals surface area contributed by atoms with E-state index >= 15 is 0 Å². The molecular weight excluding hydrogens is 560 g/mol. The molecule has 1 aromatic carbocycles. The van der Waals surface area contributed by atoms with Gasteiger partial charge in [-0.15, -0.1) is 0 Å². The SMILES string of the molecule is C=N/C=N\C=C(/C)c1nn(CCCOC)c2cc(CN(C(=O)[C@H]3CN(C(=O)OC(C)(C)C)CCO3)C3CC3)cc(Cl)c12. The Morgan fingerprint density at radius 3 is 2.74 bits per heavy atom. The molecule has 2 amide bonds. The van der Waals surface area contributed by atoms with Gasteiger partial charge in [0.1, 0.15) is 11.9 Å². The summed E-state index contributed by atoms with van der Waals surface area (Å²) in [6.45, 7) is 13.2. The number of hydrogen-bond donors (Lipinski definition) is 0. The minimum absolute atomic E-state index is 0.121. The number of benzene rings is 1. The van der Waals surface area contributed by atoms with E-state index in [2.05, 4.69) is 16.7 Å². The molecule has 2 aliphatic rings. The second kappa shape index (κ2) is 13.8. The van der Waals surface area contributed by atoms with Crippen molar-refractivity contribution in [3.8, 4) is 0 Å². The molecule has 0 N–H and O–H groups in total. The average molecular weight is 601 g/mol. The zero-order valence-electron chi connectivity index (χ0n) is 25.1. The van der Waals surface area contributed by atoms with Gasteiger partial charge in [-0.2, -0.15) is 5.10 Å². The van der Waals surface area contributed by atoms with E-state index in [9.17, 15) is 9.59 Å². The van der Waals surface area contributed by atoms with Gasteiger partial charge in [0, 0.05) is 51.0 Å². The molecule has 1 aliphatic carbocycles. The first kappa shape index (κ1) is 31.7. The molecule has 42 heavy (non-hydrogen) atoms. The third kappa shape index (κ3) is 7.96. The Balaban J connectivity index is 1.60. The Bertz CT molecular complexity index is 1360. The minimum atomic E-state index is -0.754. The first-order chi connectivity index (χ1) is 20.0. The summed E-state index contributed by atoms with van der Waals surface area (Å²) in [7, 11) is 1.67. The molecule has 1 aromatic heterocycles. The number of amides is 2. The molecule has 2 fully saturated rings. The fraction of sp³-hybridized carbons (Fsp3) is 0.567. The number of carbonyl (C=O) groups excluding carboxylic acids is 2. The summed E-state index contributed by atoms with van der Waals surface area (Å²) in [5.41, 5.74) is 2.71. The van der Waals surface area contributed by atoms with Gasteiger partial charge in [-0.1, -0.05) is 11.6 Å². The number of aryl methyl sites for hydroxylation is 1. The van der Waals surface area contributed by atoms with Crippen LogP contribution in [-0.2, 0) is 32.1 Å². The number of aliphatic imine (C=N–C) groups is 2. The Labute approximate surface area is 252 Å². The van der Waals surface area contributed by atoms with E-state index in [0.717, 1.165) is 47.0 Å². The van der Waals surface area contributed by atoms with Crippen LogP contribution in [0.2, 0.25) is 5.02 Å². The van der Waals surface area contributed by atoms with Crippen LogP contribution in [-0.4, -0.2) is 95.8 Å². The van der Waals surface area contributed by atoms with Crippen LogP contribution in [0.15, 0.2) is 28.3 Å². The van der Waals surface area contributed by atoms with Crippen molar-refractivity contribution in [2.24, 2.45) is 9.98 Å². The molecule has 4 rings (SSSR count). The molecule has 228 valence electrons. The van der Waals surface area contributed by atoms with Crippen molar-refractivity contribution in [2.45, 2.75) is 77.8 Å². The van der Waals surface area contributed by atoms with E-state index in [-0.39, 0.29) is 25.1 Å². The molecule has 12 heteroatoms. The predicted molar refractivity (Wildman–Crippen MR) is 164 cm³/mol. The van der Waals surface area contributed by atoms with E-state index in [4.69, 9.17) is 30.9 Å². The van der Waals surface area contributed by atoms with Crippen molar-refractivity contribution < 1.29 is 23.8 Å². The van der Waals surface area contributed by atoms with Gasteiger partial charge in [-0.05, 0) is 76.9 Å². The Morgan fingerprint density at radius 1 is 1.31 bits per heavy atom. The summed E-state index contributed by atoms with van der Waals surface area (Å²) in [6.07, 6.45) is 4.48. The Kier molecular flexibility index (Phi) is 10.4. The lowest BCUT2D eigenvalue weighted by Gasteiger charge is -2.36. The lowest BCUT2D eigenvalue weighted by molar-refractivity contribution is -0.150. The number of halogens is 1. The quantitative estimate of drug-likeness (QED) is 0.205. The smallest absolute Gasteiger partial charge is 0.410 e. The second-order valence-electron chi connectivity index (χ2n) is 11.6. The van der Waals surface area contributed by atoms with Crippen molar-refractivity contribution >= 4 is 53.1 Å². The molecule has 0 bridgehead atoms. The highest BCUT2D eigenvalue weighted by Gasteiger charge is 2.39. The number of aromatic nitrogens is 2. The van der Waals surface area contributed by atoms with Crippen LogP contribution in [0.3, 0.4) is 0 Å². The first-order valence-corrected chi connectivity index (χ1v) is 14.6. The van der Waals surface area contributed by atoms with Crippen LogP contribution in [0, 0.1) is 0 Å². The van der Waals surface area contributed by atoms with Crippen molar-refractivity contribution in [3.63, 3.8) is 0 Å². The summed E-state index contributed by atoms with van der Waals surface area (Å²) in [4.78, 5) is 37.7. The highest BCUT2D eigenvalue weighted by Crippen LogP contribution is 2.35.